The minimum atomic E-state index is -0.530. The van der Waals surface area contributed by atoms with E-state index in [1.54, 1.807) is 0 Å². The van der Waals surface area contributed by atoms with Crippen LogP contribution in [0.25, 0.3) is 33.6 Å². The molecule has 0 bridgehead atoms. The van der Waals surface area contributed by atoms with E-state index in [0.29, 0.717) is 26.2 Å². The molecule has 3 amide bonds. The standard InChI is InChI=1S/C43H46N8O4/c52-38-27-49(23-20-44-38)39(32-7-2-1-3-8-32)43(54)51-22-5-10-36(51)41-46-26-34(48-41)31-18-14-29(15-19-31)28-12-16-30(17-13-28)33-25-45-40(47-33)35-9-4-21-50(35)42(53)37-11-6-24-55-37/h1-3,7-8,12-19,25-26,35-37,39H,4-6,9-11,20-24,27H2,(H,44,52)(H,45,47)(H,46,48)/t35-,36-,37+,39?/m0/s1. The molecule has 5 aromatic rings. The van der Waals surface area contributed by atoms with Gasteiger partial charge in [0, 0.05) is 44.5 Å². The fourth-order valence-corrected chi connectivity index (χ4v) is 8.75. The highest BCUT2D eigenvalue weighted by molar-refractivity contribution is 5.86. The summed E-state index contributed by atoms with van der Waals surface area (Å²) in [5.74, 6) is 1.65. The number of piperazine rings is 1. The van der Waals surface area contributed by atoms with Crippen LogP contribution in [0.15, 0.2) is 91.3 Å². The first-order valence-electron chi connectivity index (χ1n) is 19.6. The Bertz CT molecular complexity index is 2140. The van der Waals surface area contributed by atoms with Crippen molar-refractivity contribution in [3.63, 3.8) is 0 Å². The van der Waals surface area contributed by atoms with Crippen LogP contribution in [-0.4, -0.2) is 97.8 Å². The lowest BCUT2D eigenvalue weighted by atomic mass is 10.0. The fourth-order valence-electron chi connectivity index (χ4n) is 8.75. The predicted octanol–water partition coefficient (Wildman–Crippen LogP) is 5.81. The van der Waals surface area contributed by atoms with E-state index in [4.69, 9.17) is 14.7 Å². The number of aromatic amines is 2. The third kappa shape index (κ3) is 7.07. The summed E-state index contributed by atoms with van der Waals surface area (Å²) in [6, 6.07) is 25.9. The van der Waals surface area contributed by atoms with E-state index in [0.717, 1.165) is 95.9 Å². The first kappa shape index (κ1) is 35.1. The number of rotatable bonds is 9. The van der Waals surface area contributed by atoms with Crippen molar-refractivity contribution >= 4 is 17.7 Å². The number of benzene rings is 3. The molecule has 0 spiro atoms. The van der Waals surface area contributed by atoms with Gasteiger partial charge in [0.25, 0.3) is 5.91 Å². The molecule has 4 saturated heterocycles. The summed E-state index contributed by atoms with van der Waals surface area (Å²) >= 11 is 0. The number of ether oxygens (including phenoxy) is 1. The quantitative estimate of drug-likeness (QED) is 0.173. The highest BCUT2D eigenvalue weighted by Crippen LogP contribution is 2.37. The van der Waals surface area contributed by atoms with Crippen molar-refractivity contribution in [2.75, 3.05) is 39.3 Å². The number of hydrogen-bond donors (Lipinski definition) is 3. The first-order valence-corrected chi connectivity index (χ1v) is 19.6. The Hall–Kier alpha value is -5.59. The largest absolute Gasteiger partial charge is 0.368 e. The van der Waals surface area contributed by atoms with Gasteiger partial charge in [0.1, 0.15) is 23.8 Å². The van der Waals surface area contributed by atoms with Crippen LogP contribution in [0.5, 0.6) is 0 Å². The average molecular weight is 739 g/mol. The lowest BCUT2D eigenvalue weighted by molar-refractivity contribution is -0.142. The molecule has 0 aliphatic carbocycles. The van der Waals surface area contributed by atoms with E-state index in [1.807, 2.05) is 57.4 Å². The number of amides is 3. The summed E-state index contributed by atoms with van der Waals surface area (Å²) in [5, 5.41) is 2.88. The molecule has 1 unspecified atom stereocenters. The van der Waals surface area contributed by atoms with Crippen LogP contribution in [0.4, 0.5) is 0 Å². The van der Waals surface area contributed by atoms with E-state index in [1.165, 1.54) is 0 Å². The van der Waals surface area contributed by atoms with Gasteiger partial charge in [-0.05, 0) is 60.8 Å². The summed E-state index contributed by atoms with van der Waals surface area (Å²) < 4.78 is 5.68. The third-order valence-electron chi connectivity index (χ3n) is 11.6. The molecule has 4 atom stereocenters. The third-order valence-corrected chi connectivity index (χ3v) is 11.6. The van der Waals surface area contributed by atoms with Gasteiger partial charge in [-0.2, -0.15) is 0 Å². The number of likely N-dealkylation sites (tertiary alicyclic amines) is 2. The maximum Gasteiger partial charge on any atom is 0.252 e. The molecule has 4 aliphatic rings. The number of carbonyl (C=O) groups is 3. The molecule has 6 heterocycles. The van der Waals surface area contributed by atoms with Crippen molar-refractivity contribution in [3.05, 3.63) is 108 Å². The van der Waals surface area contributed by atoms with Crippen LogP contribution < -0.4 is 5.32 Å². The Morgan fingerprint density at radius 3 is 2.16 bits per heavy atom. The van der Waals surface area contributed by atoms with Gasteiger partial charge in [0.2, 0.25) is 11.8 Å². The van der Waals surface area contributed by atoms with Crippen molar-refractivity contribution < 1.29 is 19.1 Å². The van der Waals surface area contributed by atoms with Gasteiger partial charge in [-0.3, -0.25) is 19.3 Å². The zero-order valence-electron chi connectivity index (χ0n) is 30.8. The van der Waals surface area contributed by atoms with Crippen LogP contribution >= 0.6 is 0 Å². The molecule has 0 radical (unpaired) electrons. The van der Waals surface area contributed by atoms with Gasteiger partial charge in [0.15, 0.2) is 0 Å². The van der Waals surface area contributed by atoms with Crippen molar-refractivity contribution in [1.29, 1.82) is 0 Å². The van der Waals surface area contributed by atoms with Gasteiger partial charge in [-0.15, -0.1) is 0 Å². The number of carbonyl (C=O) groups excluding carboxylic acids is 3. The molecule has 9 rings (SSSR count). The van der Waals surface area contributed by atoms with Crippen LogP contribution in [0.3, 0.4) is 0 Å². The Balaban J connectivity index is 0.868. The normalized spacial score (nSPS) is 22.3. The van der Waals surface area contributed by atoms with Gasteiger partial charge in [-0.25, -0.2) is 9.97 Å². The molecule has 3 N–H and O–H groups in total. The van der Waals surface area contributed by atoms with E-state index in [-0.39, 0.29) is 42.5 Å². The maximum absolute atomic E-state index is 14.3. The van der Waals surface area contributed by atoms with Crippen LogP contribution in [-0.2, 0) is 19.1 Å². The average Bonchev–Trinajstić information content (AvgIpc) is 4.08. The number of hydrogen-bond acceptors (Lipinski definition) is 7. The van der Waals surface area contributed by atoms with E-state index in [2.05, 4.69) is 63.8 Å². The number of aromatic nitrogens is 4. The minimum absolute atomic E-state index is 0.00600. The van der Waals surface area contributed by atoms with E-state index in [9.17, 15) is 14.4 Å². The summed E-state index contributed by atoms with van der Waals surface area (Å²) in [6.45, 7) is 3.39. The van der Waals surface area contributed by atoms with Gasteiger partial charge < -0.3 is 29.8 Å². The number of nitrogens with zero attached hydrogens (tertiary/aromatic N) is 5. The molecule has 4 aliphatic heterocycles. The summed E-state index contributed by atoms with van der Waals surface area (Å²) in [4.78, 5) is 62.2. The van der Waals surface area contributed by atoms with Crippen molar-refractivity contribution in [3.8, 4) is 33.6 Å². The van der Waals surface area contributed by atoms with Gasteiger partial charge >= 0.3 is 0 Å². The lowest BCUT2D eigenvalue weighted by Crippen LogP contribution is -2.52. The molecular formula is C43H46N8O4. The molecule has 0 saturated carbocycles. The SMILES string of the molecule is O=C1CN(C(C(=O)N2CCC[C@H]2c2ncc(-c3ccc(-c4ccc(-c5c[nH]c([C@@H]6CCCN6C(=O)[C@H]6CCCO6)n5)cc4)cc3)[nH]2)c2ccccc2)CCN1. The monoisotopic (exact) mass is 738 g/mol. The van der Waals surface area contributed by atoms with Gasteiger partial charge in [-0.1, -0.05) is 78.9 Å². The summed E-state index contributed by atoms with van der Waals surface area (Å²) in [5.41, 5.74) is 6.88. The number of nitrogens with one attached hydrogen (secondary N) is 3. The van der Waals surface area contributed by atoms with Crippen molar-refractivity contribution in [1.82, 2.24) is 40.0 Å². The highest BCUT2D eigenvalue weighted by atomic mass is 16.5. The fraction of sp³-hybridized carbons (Fsp3) is 0.372. The molecule has 55 heavy (non-hydrogen) atoms. The van der Waals surface area contributed by atoms with Crippen LogP contribution in [0, 0.1) is 0 Å². The predicted molar refractivity (Wildman–Crippen MR) is 207 cm³/mol. The molecule has 12 nitrogen and oxygen atoms in total. The number of H-pyrrole nitrogens is 2. The topological polar surface area (TPSA) is 140 Å². The summed E-state index contributed by atoms with van der Waals surface area (Å²) in [7, 11) is 0. The second-order valence-corrected chi connectivity index (χ2v) is 15.0. The molecule has 4 fully saturated rings. The first-order chi connectivity index (χ1) is 27.0. The van der Waals surface area contributed by atoms with E-state index >= 15 is 0 Å². The van der Waals surface area contributed by atoms with Gasteiger partial charge in [0.05, 0.1) is 36.2 Å². The minimum Gasteiger partial charge on any atom is -0.368 e. The van der Waals surface area contributed by atoms with Crippen LogP contribution in [0.2, 0.25) is 0 Å². The molecule has 282 valence electrons. The second kappa shape index (κ2) is 15.3. The zero-order chi connectivity index (χ0) is 37.3. The van der Waals surface area contributed by atoms with Crippen molar-refractivity contribution in [2.24, 2.45) is 0 Å². The zero-order valence-corrected chi connectivity index (χ0v) is 30.8. The smallest absolute Gasteiger partial charge is 0.252 e. The van der Waals surface area contributed by atoms with Crippen LogP contribution in [0.1, 0.15) is 73.9 Å². The summed E-state index contributed by atoms with van der Waals surface area (Å²) in [6.07, 6.45) is 8.78. The molecule has 2 aromatic heterocycles. The molecule has 12 heteroatoms. The lowest BCUT2D eigenvalue weighted by Gasteiger charge is -2.37. The Labute approximate surface area is 320 Å². The molecular weight excluding hydrogens is 693 g/mol. The van der Waals surface area contributed by atoms with E-state index < -0.39 is 6.04 Å². The number of imidazole rings is 2. The Morgan fingerprint density at radius 2 is 1.45 bits per heavy atom. The maximum atomic E-state index is 14.3. The Morgan fingerprint density at radius 1 is 0.764 bits per heavy atom. The Kier molecular flexibility index (Phi) is 9.76. The molecule has 3 aromatic carbocycles. The highest BCUT2D eigenvalue weighted by Gasteiger charge is 2.40. The van der Waals surface area contributed by atoms with Crippen molar-refractivity contribution in [2.45, 2.75) is 62.8 Å². The second-order valence-electron chi connectivity index (χ2n) is 15.0.